The monoisotopic (exact) mass is 186 g/mol. The molecular weight excluding hydrogens is 176 g/mol. The van der Waals surface area contributed by atoms with Crippen LogP contribution in [0.5, 0.6) is 0 Å². The van der Waals surface area contributed by atoms with Crippen molar-refractivity contribution in [3.63, 3.8) is 0 Å². The average Bonchev–Trinajstić information content (AvgIpc) is 2.30. The van der Waals surface area contributed by atoms with E-state index < -0.39 is 5.91 Å². The van der Waals surface area contributed by atoms with Gasteiger partial charge in [-0.1, -0.05) is 0 Å². The van der Waals surface area contributed by atoms with E-state index in [4.69, 9.17) is 5.73 Å². The summed E-state index contributed by atoms with van der Waals surface area (Å²) in [4.78, 5) is 12.5. The minimum atomic E-state index is -0.840. The van der Waals surface area contributed by atoms with E-state index in [0.717, 1.165) is 0 Å². The molecule has 1 aromatic rings. The number of hydrogen-bond donors (Lipinski definition) is 1. The SMILES string of the molecule is CN(C)Cc1no[n+]([O-])c1C(N)=O. The molecule has 1 heterocycles. The maximum Gasteiger partial charge on any atom is 0.297 e. The van der Waals surface area contributed by atoms with E-state index in [2.05, 4.69) is 9.79 Å². The number of primary amides is 1. The van der Waals surface area contributed by atoms with Crippen molar-refractivity contribution in [3.05, 3.63) is 16.6 Å². The summed E-state index contributed by atoms with van der Waals surface area (Å²) in [6.07, 6.45) is 0. The molecule has 13 heavy (non-hydrogen) atoms. The summed E-state index contributed by atoms with van der Waals surface area (Å²) in [6, 6.07) is 0. The highest BCUT2D eigenvalue weighted by molar-refractivity contribution is 5.90. The zero-order valence-electron chi connectivity index (χ0n) is 7.35. The van der Waals surface area contributed by atoms with Crippen LogP contribution >= 0.6 is 0 Å². The second kappa shape index (κ2) is 3.40. The smallest absolute Gasteiger partial charge is 0.297 e. The van der Waals surface area contributed by atoms with Crippen molar-refractivity contribution in [1.82, 2.24) is 10.1 Å². The van der Waals surface area contributed by atoms with E-state index in [1.807, 2.05) is 0 Å². The highest BCUT2D eigenvalue weighted by atomic mass is 16.8. The largest absolute Gasteiger partial charge is 0.362 e. The number of carbonyl (C=O) groups is 1. The van der Waals surface area contributed by atoms with Crippen LogP contribution in [-0.4, -0.2) is 30.1 Å². The highest BCUT2D eigenvalue weighted by Gasteiger charge is 2.24. The molecule has 0 radical (unpaired) electrons. The number of carbonyl (C=O) groups excluding carboxylic acids is 1. The topological polar surface area (TPSA) is 99.3 Å². The lowest BCUT2D eigenvalue weighted by molar-refractivity contribution is -0.803. The van der Waals surface area contributed by atoms with Crippen LogP contribution in [0.2, 0.25) is 0 Å². The lowest BCUT2D eigenvalue weighted by atomic mass is 10.3. The summed E-state index contributed by atoms with van der Waals surface area (Å²) >= 11 is 0. The van der Waals surface area contributed by atoms with Crippen LogP contribution in [0, 0.1) is 5.21 Å². The second-order valence-corrected chi connectivity index (χ2v) is 2.83. The maximum absolute atomic E-state index is 10.8. The quantitative estimate of drug-likeness (QED) is 0.577. The third-order valence-electron chi connectivity index (χ3n) is 1.38. The molecule has 1 aromatic heterocycles. The minimum absolute atomic E-state index is 0.0150. The van der Waals surface area contributed by atoms with Crippen molar-refractivity contribution < 1.29 is 14.3 Å². The van der Waals surface area contributed by atoms with E-state index in [9.17, 15) is 10.0 Å². The Bertz CT molecular complexity index is 320. The standard InChI is InChI=1S/C6H10N4O3/c1-9(2)3-4-5(6(7)11)10(12)13-8-4/h3H2,1-2H3,(H2,7,11). The number of nitrogens with zero attached hydrogens (tertiary/aromatic N) is 3. The Labute approximate surface area is 74.2 Å². The number of amides is 1. The summed E-state index contributed by atoms with van der Waals surface area (Å²) in [6.45, 7) is 0.330. The number of hydrogen-bond acceptors (Lipinski definition) is 5. The van der Waals surface area contributed by atoms with Gasteiger partial charge >= 0.3 is 0 Å². The van der Waals surface area contributed by atoms with Crippen molar-refractivity contribution in [1.29, 1.82) is 0 Å². The van der Waals surface area contributed by atoms with Crippen LogP contribution in [0.4, 0.5) is 0 Å². The Balaban J connectivity index is 3.00. The van der Waals surface area contributed by atoms with Gasteiger partial charge in [0, 0.05) is 5.16 Å². The Hall–Kier alpha value is -1.63. The van der Waals surface area contributed by atoms with Crippen LogP contribution in [-0.2, 0) is 6.54 Å². The van der Waals surface area contributed by atoms with Gasteiger partial charge in [0.05, 0.1) is 6.54 Å². The fraction of sp³-hybridized carbons (Fsp3) is 0.500. The third-order valence-corrected chi connectivity index (χ3v) is 1.38. The third kappa shape index (κ3) is 1.94. The molecule has 0 saturated heterocycles. The van der Waals surface area contributed by atoms with Crippen LogP contribution < -0.4 is 10.6 Å². The second-order valence-electron chi connectivity index (χ2n) is 2.83. The maximum atomic E-state index is 10.8. The lowest BCUT2D eigenvalue weighted by Gasteiger charge is -2.03. The van der Waals surface area contributed by atoms with Gasteiger partial charge in [0.25, 0.3) is 11.6 Å². The first-order chi connectivity index (χ1) is 6.02. The Morgan fingerprint density at radius 3 is 2.85 bits per heavy atom. The first-order valence-electron chi connectivity index (χ1n) is 3.55. The molecular formula is C6H10N4O3. The molecule has 0 saturated carbocycles. The minimum Gasteiger partial charge on any atom is -0.362 e. The molecule has 0 bridgehead atoms. The zero-order valence-corrected chi connectivity index (χ0v) is 7.35. The van der Waals surface area contributed by atoms with Gasteiger partial charge in [0.1, 0.15) is 0 Å². The van der Waals surface area contributed by atoms with Crippen molar-refractivity contribution in [3.8, 4) is 0 Å². The van der Waals surface area contributed by atoms with Crippen LogP contribution in [0.3, 0.4) is 0 Å². The van der Waals surface area contributed by atoms with Gasteiger partial charge in [-0.25, -0.2) is 0 Å². The Morgan fingerprint density at radius 1 is 1.77 bits per heavy atom. The van der Waals surface area contributed by atoms with Gasteiger partial charge in [-0.3, -0.25) is 9.42 Å². The summed E-state index contributed by atoms with van der Waals surface area (Å²) < 4.78 is 4.24. The molecule has 0 aliphatic rings. The van der Waals surface area contributed by atoms with Gasteiger partial charge in [0.15, 0.2) is 0 Å². The molecule has 1 amide bonds. The van der Waals surface area contributed by atoms with Gasteiger partial charge in [-0.2, -0.15) is 0 Å². The molecule has 7 nitrogen and oxygen atoms in total. The van der Waals surface area contributed by atoms with Crippen molar-refractivity contribution in [2.24, 2.45) is 5.73 Å². The normalized spacial score (nSPS) is 10.7. The van der Waals surface area contributed by atoms with Crippen molar-refractivity contribution >= 4 is 5.91 Å². The van der Waals surface area contributed by atoms with E-state index in [-0.39, 0.29) is 16.3 Å². The molecule has 1 rings (SSSR count). The van der Waals surface area contributed by atoms with Crippen LogP contribution in [0.15, 0.2) is 4.63 Å². The molecule has 0 atom stereocenters. The van der Waals surface area contributed by atoms with Crippen LogP contribution in [0.25, 0.3) is 0 Å². The van der Waals surface area contributed by atoms with E-state index >= 15 is 0 Å². The molecule has 0 fully saturated rings. The van der Waals surface area contributed by atoms with Gasteiger partial charge in [-0.15, -0.1) is 0 Å². The summed E-state index contributed by atoms with van der Waals surface area (Å²) in [5, 5.41) is 14.2. The predicted octanol–water partition coefficient (Wildman–Crippen LogP) is -1.53. The fourth-order valence-electron chi connectivity index (χ4n) is 0.911. The van der Waals surface area contributed by atoms with Crippen molar-refractivity contribution in [2.45, 2.75) is 6.54 Å². The Kier molecular flexibility index (Phi) is 2.47. The summed E-state index contributed by atoms with van der Waals surface area (Å²) in [5.41, 5.74) is 4.96. The molecule has 0 spiro atoms. The first kappa shape index (κ1) is 9.46. The molecule has 0 unspecified atom stereocenters. The average molecular weight is 186 g/mol. The molecule has 7 heteroatoms. The Morgan fingerprint density at radius 2 is 2.38 bits per heavy atom. The first-order valence-corrected chi connectivity index (χ1v) is 3.55. The number of nitrogens with two attached hydrogens (primary N) is 1. The molecule has 2 N–H and O–H groups in total. The molecule has 0 aliphatic heterocycles. The van der Waals surface area contributed by atoms with E-state index in [0.29, 0.717) is 6.54 Å². The fourth-order valence-corrected chi connectivity index (χ4v) is 0.911. The molecule has 0 aliphatic carbocycles. The summed E-state index contributed by atoms with van der Waals surface area (Å²) in [7, 11) is 3.54. The zero-order chi connectivity index (χ0) is 10.0. The van der Waals surface area contributed by atoms with E-state index in [1.54, 1.807) is 19.0 Å². The van der Waals surface area contributed by atoms with Gasteiger partial charge in [0.2, 0.25) is 5.69 Å². The van der Waals surface area contributed by atoms with Crippen LogP contribution in [0.1, 0.15) is 16.2 Å². The number of rotatable bonds is 3. The van der Waals surface area contributed by atoms with E-state index in [1.165, 1.54) is 0 Å². The molecule has 72 valence electrons. The van der Waals surface area contributed by atoms with Gasteiger partial charge in [-0.05, 0) is 19.0 Å². The number of aromatic nitrogens is 2. The predicted molar refractivity (Wildman–Crippen MR) is 41.4 cm³/mol. The highest BCUT2D eigenvalue weighted by Crippen LogP contribution is 2.01. The van der Waals surface area contributed by atoms with Gasteiger partial charge < -0.3 is 15.8 Å². The summed E-state index contributed by atoms with van der Waals surface area (Å²) in [5.74, 6) is -0.840. The van der Waals surface area contributed by atoms with Crippen molar-refractivity contribution in [2.75, 3.05) is 14.1 Å². The molecule has 0 aromatic carbocycles. The lowest BCUT2D eigenvalue weighted by Crippen LogP contribution is -2.35.